The highest BCUT2D eigenvalue weighted by atomic mass is 16.6. The molecule has 5 atom stereocenters. The maximum Gasteiger partial charge on any atom is 0.254 e. The van der Waals surface area contributed by atoms with Gasteiger partial charge in [0, 0.05) is 30.8 Å². The zero-order chi connectivity index (χ0) is 23.9. The number of aliphatic hydroxyl groups is 3. The van der Waals surface area contributed by atoms with E-state index in [0.717, 1.165) is 17.5 Å². The predicted molar refractivity (Wildman–Crippen MR) is 122 cm³/mol. The van der Waals surface area contributed by atoms with E-state index in [1.165, 1.54) is 10.9 Å². The normalized spacial score (nSPS) is 26.5. The van der Waals surface area contributed by atoms with Crippen LogP contribution in [0.4, 0.5) is 5.82 Å². The number of hydrogen-bond donors (Lipinski definition) is 4. The molecule has 0 amide bonds. The number of fused-ring (bicyclic) bond motifs is 1. The van der Waals surface area contributed by atoms with E-state index in [9.17, 15) is 15.3 Å². The van der Waals surface area contributed by atoms with Gasteiger partial charge in [-0.1, -0.05) is 0 Å². The number of pyridine rings is 1. The minimum atomic E-state index is -1.27. The van der Waals surface area contributed by atoms with Crippen molar-refractivity contribution >= 4 is 17.0 Å². The first-order chi connectivity index (χ1) is 17.1. The first kappa shape index (κ1) is 22.0. The van der Waals surface area contributed by atoms with Gasteiger partial charge in [-0.15, -0.1) is 0 Å². The number of ether oxygens (including phenoxy) is 2. The molecule has 13 nitrogen and oxygen atoms in total. The highest BCUT2D eigenvalue weighted by molar-refractivity contribution is 5.84. The lowest BCUT2D eigenvalue weighted by Crippen LogP contribution is -2.33. The van der Waals surface area contributed by atoms with Crippen molar-refractivity contribution in [3.05, 3.63) is 43.2 Å². The molecule has 0 spiro atoms. The van der Waals surface area contributed by atoms with Crippen LogP contribution < -0.4 is 5.32 Å². The molecule has 0 aromatic carbocycles. The molecular formula is C22H24N8O5. The van der Waals surface area contributed by atoms with E-state index in [4.69, 9.17) is 9.47 Å². The molecule has 4 aromatic rings. The van der Waals surface area contributed by atoms with Crippen molar-refractivity contribution < 1.29 is 24.8 Å². The molecule has 0 bridgehead atoms. The van der Waals surface area contributed by atoms with Crippen LogP contribution in [0.25, 0.3) is 28.2 Å². The van der Waals surface area contributed by atoms with Gasteiger partial charge < -0.3 is 30.1 Å². The van der Waals surface area contributed by atoms with E-state index in [-0.39, 0.29) is 12.0 Å². The second kappa shape index (κ2) is 8.94. The molecule has 2 saturated heterocycles. The molecule has 182 valence electrons. The topological polar surface area (TPSA) is 165 Å². The maximum absolute atomic E-state index is 10.6. The molecule has 6 heterocycles. The highest BCUT2D eigenvalue weighted by Gasteiger charge is 2.44. The number of aromatic nitrogens is 7. The molecule has 2 fully saturated rings. The number of nitrogens with one attached hydrogen (secondary N) is 1. The smallest absolute Gasteiger partial charge is 0.254 e. The number of rotatable bonds is 6. The molecule has 2 aliphatic rings. The van der Waals surface area contributed by atoms with Gasteiger partial charge in [0.2, 0.25) is 0 Å². The zero-order valence-electron chi connectivity index (χ0n) is 18.5. The molecule has 0 aliphatic carbocycles. The lowest BCUT2D eigenvalue weighted by molar-refractivity contribution is -0.0511. The Kier molecular flexibility index (Phi) is 5.62. The average molecular weight is 480 g/mol. The van der Waals surface area contributed by atoms with Crippen LogP contribution >= 0.6 is 0 Å². The third-order valence-electron chi connectivity index (χ3n) is 6.27. The van der Waals surface area contributed by atoms with Crippen molar-refractivity contribution in [3.63, 3.8) is 0 Å². The van der Waals surface area contributed by atoms with Crippen molar-refractivity contribution in [1.29, 1.82) is 0 Å². The third kappa shape index (κ3) is 3.92. The summed E-state index contributed by atoms with van der Waals surface area (Å²) in [7, 11) is 0. The number of anilines is 1. The van der Waals surface area contributed by atoms with Gasteiger partial charge in [0.05, 0.1) is 31.8 Å². The van der Waals surface area contributed by atoms with Gasteiger partial charge in [0.1, 0.15) is 18.3 Å². The van der Waals surface area contributed by atoms with Crippen LogP contribution in [-0.2, 0) is 9.47 Å². The molecule has 0 saturated carbocycles. The van der Waals surface area contributed by atoms with E-state index >= 15 is 0 Å². The summed E-state index contributed by atoms with van der Waals surface area (Å²) in [5, 5.41) is 38.1. The lowest BCUT2D eigenvalue weighted by atomic mass is 10.1. The quantitative estimate of drug-likeness (QED) is 0.291. The number of hydrogen-bond acceptors (Lipinski definition) is 11. The van der Waals surface area contributed by atoms with Crippen molar-refractivity contribution in [2.45, 2.75) is 37.0 Å². The predicted octanol–water partition coefficient (Wildman–Crippen LogP) is -0.114. The fourth-order valence-corrected chi connectivity index (χ4v) is 4.37. The molecule has 35 heavy (non-hydrogen) atoms. The molecule has 4 aromatic heterocycles. The van der Waals surface area contributed by atoms with Crippen LogP contribution in [0.5, 0.6) is 0 Å². The Bertz CT molecular complexity index is 1320. The fourth-order valence-electron chi connectivity index (χ4n) is 4.37. The Hall–Kier alpha value is -3.49. The molecule has 6 rings (SSSR count). The monoisotopic (exact) mass is 480 g/mol. The largest absolute Gasteiger partial charge is 0.394 e. The Morgan fingerprint density at radius 3 is 2.71 bits per heavy atom. The summed E-state index contributed by atoms with van der Waals surface area (Å²) in [6, 6.07) is 3.83. The molecule has 13 heteroatoms. The molecule has 4 N–H and O–H groups in total. The van der Waals surface area contributed by atoms with Crippen LogP contribution in [-0.4, -0.2) is 93.8 Å². The molecule has 2 aliphatic heterocycles. The summed E-state index contributed by atoms with van der Waals surface area (Å²) in [5.41, 5.74) is 2.67. The van der Waals surface area contributed by atoms with Crippen LogP contribution in [0, 0.1) is 0 Å². The van der Waals surface area contributed by atoms with E-state index in [1.54, 1.807) is 23.3 Å². The summed E-state index contributed by atoms with van der Waals surface area (Å²) in [6.07, 6.45) is 4.82. The Morgan fingerprint density at radius 2 is 1.97 bits per heavy atom. The van der Waals surface area contributed by atoms with Crippen LogP contribution in [0.1, 0.15) is 12.6 Å². The summed E-state index contributed by atoms with van der Waals surface area (Å²) in [6.45, 7) is 0.773. The summed E-state index contributed by atoms with van der Waals surface area (Å²) in [5.74, 6) is 0.777. The van der Waals surface area contributed by atoms with E-state index < -0.39 is 31.1 Å². The summed E-state index contributed by atoms with van der Waals surface area (Å²) in [4.78, 5) is 17.9. The second-order valence-corrected chi connectivity index (χ2v) is 8.54. The summed E-state index contributed by atoms with van der Waals surface area (Å²) >= 11 is 0. The van der Waals surface area contributed by atoms with Gasteiger partial charge >= 0.3 is 0 Å². The number of imidazole rings is 1. The zero-order valence-corrected chi connectivity index (χ0v) is 18.5. The van der Waals surface area contributed by atoms with E-state index in [1.807, 2.05) is 18.3 Å². The number of aliphatic hydroxyl groups excluding tert-OH is 3. The lowest BCUT2D eigenvalue weighted by Gasteiger charge is -2.17. The van der Waals surface area contributed by atoms with Crippen LogP contribution in [0.3, 0.4) is 0 Å². The van der Waals surface area contributed by atoms with Gasteiger partial charge in [0.15, 0.2) is 23.2 Å². The summed E-state index contributed by atoms with van der Waals surface area (Å²) < 4.78 is 14.3. The van der Waals surface area contributed by atoms with Gasteiger partial charge in [-0.2, -0.15) is 15.1 Å². The fraction of sp³-hybridized carbons (Fsp3) is 0.409. The Balaban J connectivity index is 1.44. The number of nitrogens with zero attached hydrogens (tertiary/aromatic N) is 7. The van der Waals surface area contributed by atoms with Crippen molar-refractivity contribution in [2.75, 3.05) is 25.1 Å². The second-order valence-electron chi connectivity index (χ2n) is 8.54. The van der Waals surface area contributed by atoms with E-state index in [0.29, 0.717) is 30.2 Å². The maximum atomic E-state index is 10.6. The van der Waals surface area contributed by atoms with Gasteiger partial charge in [-0.05, 0) is 24.1 Å². The van der Waals surface area contributed by atoms with Crippen molar-refractivity contribution in [1.82, 2.24) is 34.3 Å². The minimum Gasteiger partial charge on any atom is -0.394 e. The molecular weight excluding hydrogens is 456 g/mol. The van der Waals surface area contributed by atoms with Crippen molar-refractivity contribution in [2.24, 2.45) is 0 Å². The standard InChI is InChI=1S/C22H24N8O5/c31-9-15-17(32)18(33)21(35-15)29-11-24-16-19(26-14-3-6-34-10-14)27-22(28-20(16)29)30-8-13(7-25-30)12-1-4-23-5-2-12/h1-2,4-5,7-8,11,14-15,17-18,21,31-33H,3,6,9-10H2,(H,26,27,28)/t14-,15?,17-,18-,21?/m1/s1. The SMILES string of the molecule is OCC1OC(n2cnc3c(N[C@@H]4CCOC4)nc(-n4cc(-c5ccncc5)cn4)nc32)[C@H](O)[C@@H]1O. The molecule has 0 radical (unpaired) electrons. The molecule has 2 unspecified atom stereocenters. The van der Waals surface area contributed by atoms with Gasteiger partial charge in [0.25, 0.3) is 5.95 Å². The third-order valence-corrected chi connectivity index (χ3v) is 6.27. The first-order valence-electron chi connectivity index (χ1n) is 11.3. The first-order valence-corrected chi connectivity index (χ1v) is 11.3. The Labute approximate surface area is 199 Å². The Morgan fingerprint density at radius 1 is 1.11 bits per heavy atom. The minimum absolute atomic E-state index is 0.0602. The average Bonchev–Trinajstić information content (AvgIpc) is 3.68. The van der Waals surface area contributed by atoms with Crippen LogP contribution in [0.2, 0.25) is 0 Å². The van der Waals surface area contributed by atoms with E-state index in [2.05, 4.69) is 30.4 Å². The van der Waals surface area contributed by atoms with Crippen molar-refractivity contribution in [3.8, 4) is 17.1 Å². The highest BCUT2D eigenvalue weighted by Crippen LogP contribution is 2.33. The van der Waals surface area contributed by atoms with Gasteiger partial charge in [-0.25, -0.2) is 9.67 Å². The van der Waals surface area contributed by atoms with Gasteiger partial charge in [-0.3, -0.25) is 9.55 Å². The van der Waals surface area contributed by atoms with Crippen LogP contribution in [0.15, 0.2) is 43.2 Å².